The molecule has 3 nitrogen and oxygen atoms in total. The lowest BCUT2D eigenvalue weighted by atomic mass is 10.1. The first-order valence-corrected chi connectivity index (χ1v) is 7.61. The summed E-state index contributed by atoms with van der Waals surface area (Å²) in [5, 5.41) is 7.57. The van der Waals surface area contributed by atoms with Gasteiger partial charge >= 0.3 is 0 Å². The summed E-state index contributed by atoms with van der Waals surface area (Å²) in [4.78, 5) is 2.12. The lowest BCUT2D eigenvalue weighted by Crippen LogP contribution is -2.20. The van der Waals surface area contributed by atoms with E-state index in [0.717, 1.165) is 28.3 Å². The topological polar surface area (TPSA) is 29.9 Å². The van der Waals surface area contributed by atoms with Crippen LogP contribution in [0.1, 0.15) is 31.9 Å². The number of hydrogen-bond donors (Lipinski definition) is 1. The van der Waals surface area contributed by atoms with Gasteiger partial charge in [0.25, 0.3) is 0 Å². The lowest BCUT2D eigenvalue weighted by molar-refractivity contribution is 0.554. The zero-order valence-corrected chi connectivity index (χ0v) is 12.9. The van der Waals surface area contributed by atoms with Crippen molar-refractivity contribution < 1.29 is 4.39 Å². The molecule has 0 saturated carbocycles. The van der Waals surface area contributed by atoms with Gasteiger partial charge in [-0.05, 0) is 43.7 Å². The highest BCUT2D eigenvalue weighted by Crippen LogP contribution is 2.33. The molecule has 5 heteroatoms. The molecular formula is C15H20FN3S. The molecule has 0 radical (unpaired) electrons. The second-order valence-electron chi connectivity index (χ2n) is 4.81. The number of rotatable bonds is 6. The Kier molecular flexibility index (Phi) is 5.20. The van der Waals surface area contributed by atoms with Crippen LogP contribution in [0.15, 0.2) is 40.4 Å². The van der Waals surface area contributed by atoms with Gasteiger partial charge in [-0.25, -0.2) is 4.39 Å². The quantitative estimate of drug-likeness (QED) is 0.879. The van der Waals surface area contributed by atoms with E-state index in [4.69, 9.17) is 0 Å². The van der Waals surface area contributed by atoms with Crippen LogP contribution in [-0.4, -0.2) is 16.3 Å². The largest absolute Gasteiger partial charge is 0.310 e. The van der Waals surface area contributed by atoms with Crippen LogP contribution in [-0.2, 0) is 7.05 Å². The van der Waals surface area contributed by atoms with E-state index in [2.05, 4.69) is 24.3 Å². The predicted octanol–water partition coefficient (Wildman–Crippen LogP) is 3.77. The molecule has 0 saturated heterocycles. The molecular weight excluding hydrogens is 273 g/mol. The van der Waals surface area contributed by atoms with Crippen LogP contribution in [0.5, 0.6) is 0 Å². The average molecular weight is 293 g/mol. The number of halogens is 1. The van der Waals surface area contributed by atoms with Crippen LogP contribution in [0, 0.1) is 5.82 Å². The van der Waals surface area contributed by atoms with E-state index in [1.807, 2.05) is 25.5 Å². The van der Waals surface area contributed by atoms with Gasteiger partial charge in [-0.3, -0.25) is 4.68 Å². The Labute approximate surface area is 123 Å². The molecule has 0 aliphatic rings. The smallest absolute Gasteiger partial charge is 0.123 e. The monoisotopic (exact) mass is 293 g/mol. The molecule has 1 unspecified atom stereocenters. The fourth-order valence-corrected chi connectivity index (χ4v) is 3.05. The highest BCUT2D eigenvalue weighted by atomic mass is 32.2. The van der Waals surface area contributed by atoms with Crippen molar-refractivity contribution in [2.45, 2.75) is 36.1 Å². The third kappa shape index (κ3) is 3.84. The van der Waals surface area contributed by atoms with Gasteiger partial charge in [-0.15, -0.1) is 0 Å². The van der Waals surface area contributed by atoms with E-state index in [9.17, 15) is 4.39 Å². The second kappa shape index (κ2) is 6.90. The van der Waals surface area contributed by atoms with Crippen LogP contribution >= 0.6 is 11.8 Å². The minimum Gasteiger partial charge on any atom is -0.310 e. The predicted molar refractivity (Wildman–Crippen MR) is 80.4 cm³/mol. The Morgan fingerprint density at radius 3 is 2.90 bits per heavy atom. The van der Waals surface area contributed by atoms with Gasteiger partial charge in [-0.2, -0.15) is 5.10 Å². The van der Waals surface area contributed by atoms with Crippen molar-refractivity contribution in [1.82, 2.24) is 15.1 Å². The van der Waals surface area contributed by atoms with Crippen molar-refractivity contribution in [3.63, 3.8) is 0 Å². The zero-order valence-electron chi connectivity index (χ0n) is 12.1. The third-order valence-electron chi connectivity index (χ3n) is 3.05. The Hall–Kier alpha value is -1.33. The summed E-state index contributed by atoms with van der Waals surface area (Å²) >= 11 is 1.62. The molecule has 2 rings (SSSR count). The maximum Gasteiger partial charge on any atom is 0.123 e. The maximum atomic E-state index is 13.5. The third-order valence-corrected chi connectivity index (χ3v) is 4.09. The van der Waals surface area contributed by atoms with Gasteiger partial charge in [0.05, 0.1) is 11.1 Å². The number of nitrogens with one attached hydrogen (secondary N) is 1. The summed E-state index contributed by atoms with van der Waals surface area (Å²) in [7, 11) is 1.89. The minimum atomic E-state index is -0.194. The summed E-state index contributed by atoms with van der Waals surface area (Å²) in [6.45, 7) is 5.11. The normalized spacial score (nSPS) is 12.6. The number of aromatic nitrogens is 2. The number of nitrogens with zero attached hydrogens (tertiary/aromatic N) is 2. The number of hydrogen-bond acceptors (Lipinski definition) is 3. The summed E-state index contributed by atoms with van der Waals surface area (Å²) in [6, 6.07) is 5.09. The van der Waals surface area contributed by atoms with Crippen molar-refractivity contribution in [1.29, 1.82) is 0 Å². The van der Waals surface area contributed by atoms with Crippen LogP contribution < -0.4 is 5.32 Å². The molecule has 2 aromatic rings. The van der Waals surface area contributed by atoms with Gasteiger partial charge in [0, 0.05) is 24.2 Å². The summed E-state index contributed by atoms with van der Waals surface area (Å²) in [5.41, 5.74) is 0.993. The highest BCUT2D eigenvalue weighted by molar-refractivity contribution is 7.99. The molecule has 1 N–H and O–H groups in total. The molecule has 0 spiro atoms. The summed E-state index contributed by atoms with van der Waals surface area (Å²) < 4.78 is 15.3. The Morgan fingerprint density at radius 1 is 1.45 bits per heavy atom. The first-order valence-electron chi connectivity index (χ1n) is 6.79. The Balaban J connectivity index is 2.23. The van der Waals surface area contributed by atoms with Crippen molar-refractivity contribution in [2.24, 2.45) is 7.05 Å². The van der Waals surface area contributed by atoms with Crippen molar-refractivity contribution in [2.75, 3.05) is 6.54 Å². The molecule has 0 bridgehead atoms. The summed E-state index contributed by atoms with van der Waals surface area (Å²) in [5.74, 6) is -0.194. The fraction of sp³-hybridized carbons (Fsp3) is 0.400. The van der Waals surface area contributed by atoms with Crippen molar-refractivity contribution >= 4 is 11.8 Å². The van der Waals surface area contributed by atoms with Crippen LogP contribution in [0.2, 0.25) is 0 Å². The fourth-order valence-electron chi connectivity index (χ4n) is 2.00. The van der Waals surface area contributed by atoms with Crippen molar-refractivity contribution in [3.05, 3.63) is 42.0 Å². The highest BCUT2D eigenvalue weighted by Gasteiger charge is 2.13. The SMILES string of the molecule is CCCNC(C)c1cc(F)ccc1Sc1cnn(C)c1. The average Bonchev–Trinajstić information content (AvgIpc) is 2.83. The number of benzene rings is 1. The summed E-state index contributed by atoms with van der Waals surface area (Å²) in [6.07, 6.45) is 4.84. The molecule has 0 aliphatic carbocycles. The van der Waals surface area contributed by atoms with Crippen LogP contribution in [0.4, 0.5) is 4.39 Å². The molecule has 1 aromatic carbocycles. The van der Waals surface area contributed by atoms with Crippen LogP contribution in [0.25, 0.3) is 0 Å². The standard InChI is InChI=1S/C15H20FN3S/c1-4-7-17-11(2)14-8-12(16)5-6-15(14)20-13-9-18-19(3)10-13/h5-6,8-11,17H,4,7H2,1-3H3. The first-order chi connectivity index (χ1) is 9.60. The number of aryl methyl sites for hydroxylation is 1. The van der Waals surface area contributed by atoms with Gasteiger partial charge < -0.3 is 5.32 Å². The molecule has 1 atom stereocenters. The molecule has 0 fully saturated rings. The van der Waals surface area contributed by atoms with Gasteiger partial charge in [-0.1, -0.05) is 18.7 Å². The van der Waals surface area contributed by atoms with E-state index < -0.39 is 0 Å². The van der Waals surface area contributed by atoms with E-state index in [-0.39, 0.29) is 11.9 Å². The molecule has 1 heterocycles. The maximum absolute atomic E-state index is 13.5. The van der Waals surface area contributed by atoms with Gasteiger partial charge in [0.1, 0.15) is 5.82 Å². The lowest BCUT2D eigenvalue weighted by Gasteiger charge is -2.17. The van der Waals surface area contributed by atoms with E-state index in [1.54, 1.807) is 22.5 Å². The Bertz CT molecular complexity index is 568. The van der Waals surface area contributed by atoms with Crippen LogP contribution in [0.3, 0.4) is 0 Å². The van der Waals surface area contributed by atoms with E-state index in [0.29, 0.717) is 0 Å². The first kappa shape index (κ1) is 15.1. The molecule has 0 amide bonds. The molecule has 20 heavy (non-hydrogen) atoms. The second-order valence-corrected chi connectivity index (χ2v) is 5.93. The molecule has 1 aromatic heterocycles. The Morgan fingerprint density at radius 2 is 2.25 bits per heavy atom. The molecule has 108 valence electrons. The minimum absolute atomic E-state index is 0.129. The van der Waals surface area contributed by atoms with E-state index >= 15 is 0 Å². The zero-order chi connectivity index (χ0) is 14.5. The van der Waals surface area contributed by atoms with E-state index in [1.165, 1.54) is 6.07 Å². The van der Waals surface area contributed by atoms with Crippen molar-refractivity contribution in [3.8, 4) is 0 Å². The molecule has 0 aliphatic heterocycles. The van der Waals surface area contributed by atoms with Gasteiger partial charge in [0.15, 0.2) is 0 Å². The van der Waals surface area contributed by atoms with Gasteiger partial charge in [0.2, 0.25) is 0 Å².